The Kier molecular flexibility index (Phi) is 5.37. The van der Waals surface area contributed by atoms with E-state index in [0.29, 0.717) is 5.69 Å². The summed E-state index contributed by atoms with van der Waals surface area (Å²) in [5.41, 5.74) is 7.65. The van der Waals surface area contributed by atoms with Crippen molar-refractivity contribution in [3.8, 4) is 0 Å². The zero-order chi connectivity index (χ0) is 22.8. The van der Waals surface area contributed by atoms with E-state index in [2.05, 4.69) is 47.1 Å². The summed E-state index contributed by atoms with van der Waals surface area (Å²) in [6.45, 7) is 4.10. The number of para-hydroxylation sites is 1. The number of anilines is 4. The van der Waals surface area contributed by atoms with Crippen LogP contribution in [0.3, 0.4) is 0 Å². The Morgan fingerprint density at radius 3 is 1.94 bits per heavy atom. The van der Waals surface area contributed by atoms with Crippen molar-refractivity contribution in [3.63, 3.8) is 0 Å². The first-order valence-electron chi connectivity index (χ1n) is 10.9. The molecule has 162 valence electrons. The lowest BCUT2D eigenvalue weighted by Crippen LogP contribution is -2.19. The van der Waals surface area contributed by atoms with Crippen molar-refractivity contribution < 1.29 is 4.79 Å². The number of urea groups is 1. The minimum absolute atomic E-state index is 0.277. The van der Waals surface area contributed by atoms with Gasteiger partial charge in [0.05, 0.1) is 16.7 Å². The van der Waals surface area contributed by atoms with E-state index in [0.717, 1.165) is 44.4 Å². The molecule has 3 N–H and O–H groups in total. The van der Waals surface area contributed by atoms with Crippen LogP contribution in [0.5, 0.6) is 0 Å². The molecule has 33 heavy (non-hydrogen) atoms. The molecule has 0 aliphatic carbocycles. The van der Waals surface area contributed by atoms with Crippen LogP contribution in [-0.4, -0.2) is 11.0 Å². The van der Waals surface area contributed by atoms with Crippen LogP contribution in [0, 0.1) is 13.8 Å². The Morgan fingerprint density at radius 2 is 1.21 bits per heavy atom. The van der Waals surface area contributed by atoms with Gasteiger partial charge in [0.15, 0.2) is 0 Å². The van der Waals surface area contributed by atoms with Crippen molar-refractivity contribution in [3.05, 3.63) is 102 Å². The summed E-state index contributed by atoms with van der Waals surface area (Å²) in [4.78, 5) is 17.1. The van der Waals surface area contributed by atoms with E-state index in [1.165, 1.54) is 5.56 Å². The molecule has 0 aliphatic rings. The number of pyridine rings is 1. The van der Waals surface area contributed by atoms with Gasteiger partial charge >= 0.3 is 6.03 Å². The van der Waals surface area contributed by atoms with E-state index in [9.17, 15) is 4.79 Å². The number of carbonyl (C=O) groups excluding carboxylic acids is 1. The lowest BCUT2D eigenvalue weighted by Gasteiger charge is -2.14. The van der Waals surface area contributed by atoms with Crippen molar-refractivity contribution in [1.29, 1.82) is 0 Å². The van der Waals surface area contributed by atoms with Crippen LogP contribution in [-0.2, 0) is 0 Å². The Balaban J connectivity index is 1.38. The van der Waals surface area contributed by atoms with E-state index in [1.807, 2.05) is 73.7 Å². The summed E-state index contributed by atoms with van der Waals surface area (Å²) < 4.78 is 0. The maximum absolute atomic E-state index is 12.3. The molecule has 0 fully saturated rings. The number of carbonyl (C=O) groups is 1. The van der Waals surface area contributed by atoms with Gasteiger partial charge in [-0.25, -0.2) is 9.78 Å². The van der Waals surface area contributed by atoms with Crippen LogP contribution in [0.2, 0.25) is 0 Å². The van der Waals surface area contributed by atoms with Crippen molar-refractivity contribution in [2.24, 2.45) is 0 Å². The monoisotopic (exact) mass is 432 g/mol. The average molecular weight is 433 g/mol. The van der Waals surface area contributed by atoms with Gasteiger partial charge in [-0.3, -0.25) is 0 Å². The third-order valence-corrected chi connectivity index (χ3v) is 5.56. The Bertz CT molecular complexity index is 1460. The summed E-state index contributed by atoms with van der Waals surface area (Å²) >= 11 is 0. The molecule has 0 spiro atoms. The van der Waals surface area contributed by atoms with Gasteiger partial charge in [0.25, 0.3) is 0 Å². The molecule has 0 atom stereocenters. The molecule has 0 saturated heterocycles. The fourth-order valence-electron chi connectivity index (χ4n) is 3.85. The Hall–Kier alpha value is -4.38. The molecule has 5 aromatic rings. The van der Waals surface area contributed by atoms with Gasteiger partial charge in [-0.1, -0.05) is 47.5 Å². The second-order valence-corrected chi connectivity index (χ2v) is 8.17. The molecule has 1 aromatic heterocycles. The molecule has 1 heterocycles. The zero-order valence-electron chi connectivity index (χ0n) is 18.5. The van der Waals surface area contributed by atoms with Crippen LogP contribution >= 0.6 is 0 Å². The normalized spacial score (nSPS) is 10.8. The largest absolute Gasteiger partial charge is 0.354 e. The highest BCUT2D eigenvalue weighted by Gasteiger charge is 2.10. The van der Waals surface area contributed by atoms with Gasteiger partial charge in [0.1, 0.15) is 0 Å². The summed E-state index contributed by atoms with van der Waals surface area (Å²) in [6, 6.07) is 29.5. The van der Waals surface area contributed by atoms with Gasteiger partial charge in [0.2, 0.25) is 0 Å². The zero-order valence-corrected chi connectivity index (χ0v) is 18.5. The van der Waals surface area contributed by atoms with Gasteiger partial charge in [-0.15, -0.1) is 0 Å². The molecular weight excluding hydrogens is 408 g/mol. The third kappa shape index (κ3) is 4.48. The van der Waals surface area contributed by atoms with Crippen LogP contribution < -0.4 is 16.0 Å². The highest BCUT2D eigenvalue weighted by Crippen LogP contribution is 2.33. The topological polar surface area (TPSA) is 66.1 Å². The minimum Gasteiger partial charge on any atom is -0.354 e. The second kappa shape index (κ2) is 8.63. The fourth-order valence-corrected chi connectivity index (χ4v) is 3.85. The lowest BCUT2D eigenvalue weighted by atomic mass is 10.1. The van der Waals surface area contributed by atoms with E-state index in [4.69, 9.17) is 4.98 Å². The van der Waals surface area contributed by atoms with E-state index >= 15 is 0 Å². The van der Waals surface area contributed by atoms with Crippen LogP contribution in [0.4, 0.5) is 27.5 Å². The van der Waals surface area contributed by atoms with E-state index in [1.54, 1.807) is 0 Å². The number of aromatic nitrogens is 1. The second-order valence-electron chi connectivity index (χ2n) is 8.17. The fraction of sp³-hybridized carbons (Fsp3) is 0.0714. The van der Waals surface area contributed by atoms with Crippen LogP contribution in [0.25, 0.3) is 21.8 Å². The molecule has 5 nitrogen and oxygen atoms in total. The molecule has 0 unspecified atom stereocenters. The number of aryl methyl sites for hydroxylation is 2. The molecule has 0 bridgehead atoms. The maximum atomic E-state index is 12.3. The number of nitrogens with one attached hydrogen (secondary N) is 3. The summed E-state index contributed by atoms with van der Waals surface area (Å²) in [5, 5.41) is 11.4. The average Bonchev–Trinajstić information content (AvgIpc) is 2.82. The maximum Gasteiger partial charge on any atom is 0.323 e. The number of nitrogens with zero attached hydrogens (tertiary/aromatic N) is 1. The molecule has 0 saturated carbocycles. The number of fused-ring (bicyclic) bond motifs is 2. The first-order chi connectivity index (χ1) is 16.0. The molecule has 5 rings (SSSR count). The van der Waals surface area contributed by atoms with Crippen molar-refractivity contribution >= 4 is 50.6 Å². The number of rotatable bonds is 4. The lowest BCUT2D eigenvalue weighted by molar-refractivity contribution is 0.262. The highest BCUT2D eigenvalue weighted by molar-refractivity contribution is 6.09. The third-order valence-electron chi connectivity index (χ3n) is 5.56. The summed E-state index contributed by atoms with van der Waals surface area (Å²) in [7, 11) is 0. The summed E-state index contributed by atoms with van der Waals surface area (Å²) in [5.74, 6) is 0. The van der Waals surface area contributed by atoms with Crippen molar-refractivity contribution in [2.45, 2.75) is 13.8 Å². The molecule has 5 heteroatoms. The van der Waals surface area contributed by atoms with Gasteiger partial charge < -0.3 is 16.0 Å². The quantitative estimate of drug-likeness (QED) is 0.259. The van der Waals surface area contributed by atoms with E-state index in [-0.39, 0.29) is 6.03 Å². The van der Waals surface area contributed by atoms with Crippen molar-refractivity contribution in [1.82, 2.24) is 4.98 Å². The highest BCUT2D eigenvalue weighted by atomic mass is 16.2. The van der Waals surface area contributed by atoms with Gasteiger partial charge in [-0.05, 0) is 68.4 Å². The summed E-state index contributed by atoms with van der Waals surface area (Å²) in [6.07, 6.45) is 0. The molecular formula is C28H24N4O. The van der Waals surface area contributed by atoms with Crippen molar-refractivity contribution in [2.75, 3.05) is 16.0 Å². The molecule has 4 aromatic carbocycles. The van der Waals surface area contributed by atoms with Crippen LogP contribution in [0.15, 0.2) is 91.0 Å². The smallest absolute Gasteiger partial charge is 0.323 e. The predicted molar refractivity (Wildman–Crippen MR) is 138 cm³/mol. The minimum atomic E-state index is -0.277. The van der Waals surface area contributed by atoms with E-state index < -0.39 is 0 Å². The van der Waals surface area contributed by atoms with Gasteiger partial charge in [-0.2, -0.15) is 0 Å². The number of amides is 2. The Morgan fingerprint density at radius 1 is 0.636 bits per heavy atom. The number of benzene rings is 4. The van der Waals surface area contributed by atoms with Crippen LogP contribution in [0.1, 0.15) is 11.1 Å². The molecule has 0 radical (unpaired) electrons. The molecule has 2 amide bonds. The van der Waals surface area contributed by atoms with Gasteiger partial charge in [0, 0.05) is 27.8 Å². The SMILES string of the molecule is Cc1ccc(NC(=O)Nc2ccc(Nc3c4ccccc4nc4ccc(C)cc34)cc2)cc1. The standard InChI is InChI=1S/C28H24N4O/c1-18-7-10-21(11-8-18)30-28(33)31-22-14-12-20(13-15-22)29-27-23-5-3-4-6-25(23)32-26-16-9-19(2)17-24(26)27/h3-17H,1-2H3,(H,29,32)(H2,30,31,33). The number of hydrogen-bond donors (Lipinski definition) is 3. The number of hydrogen-bond acceptors (Lipinski definition) is 3. The Labute approximate surface area is 192 Å². The first kappa shape index (κ1) is 20.5. The first-order valence-corrected chi connectivity index (χ1v) is 10.9. The molecule has 0 aliphatic heterocycles. The predicted octanol–water partition coefficient (Wildman–Crippen LogP) is 7.39.